The molecule has 11 heavy (non-hydrogen) atoms. The Hall–Kier alpha value is -0.860. The highest BCUT2D eigenvalue weighted by Crippen LogP contribution is 2.10. The Morgan fingerprint density at radius 1 is 1.55 bits per heavy atom. The minimum absolute atomic E-state index is 0.156. The van der Waals surface area contributed by atoms with E-state index in [0.29, 0.717) is 6.42 Å². The largest absolute Gasteiger partial charge is 0.273 e. The molecule has 0 aliphatic carbocycles. The third-order valence-corrected chi connectivity index (χ3v) is 1.75. The summed E-state index contributed by atoms with van der Waals surface area (Å²) in [6, 6.07) is 0. The Kier molecular flexibility index (Phi) is 2.63. The van der Waals surface area contributed by atoms with Crippen LogP contribution in [-0.2, 0) is 4.79 Å². The average Bonchev–Trinajstić information content (AvgIpc) is 2.33. The van der Waals surface area contributed by atoms with E-state index in [1.807, 2.05) is 13.8 Å². The molecule has 1 heterocycles. The van der Waals surface area contributed by atoms with E-state index in [9.17, 15) is 4.79 Å². The van der Waals surface area contributed by atoms with Gasteiger partial charge in [-0.25, -0.2) is 5.01 Å². The van der Waals surface area contributed by atoms with Gasteiger partial charge in [0, 0.05) is 12.3 Å². The van der Waals surface area contributed by atoms with Gasteiger partial charge in [-0.05, 0) is 12.8 Å². The van der Waals surface area contributed by atoms with Crippen LogP contribution in [0.5, 0.6) is 0 Å². The van der Waals surface area contributed by atoms with Crippen molar-refractivity contribution in [1.29, 1.82) is 0 Å². The molecule has 1 rings (SSSR count). The lowest BCUT2D eigenvalue weighted by atomic mass is 10.2. The first-order valence-corrected chi connectivity index (χ1v) is 4.14. The van der Waals surface area contributed by atoms with Crippen LogP contribution in [0.15, 0.2) is 5.10 Å². The minimum atomic E-state index is 0.156. The SMILES string of the molecule is CCCN1N=C(CC)CC1=O. The number of hydrogen-bond donors (Lipinski definition) is 0. The molecule has 0 atom stereocenters. The topological polar surface area (TPSA) is 32.7 Å². The molecule has 3 heteroatoms. The van der Waals surface area contributed by atoms with Gasteiger partial charge in [0.25, 0.3) is 0 Å². The predicted octanol–water partition coefficient (Wildman–Crippen LogP) is 1.39. The van der Waals surface area contributed by atoms with Crippen LogP contribution in [0.1, 0.15) is 33.1 Å². The van der Waals surface area contributed by atoms with Crippen molar-refractivity contribution < 1.29 is 4.79 Å². The highest BCUT2D eigenvalue weighted by molar-refractivity contribution is 6.04. The summed E-state index contributed by atoms with van der Waals surface area (Å²) in [5, 5.41) is 5.76. The van der Waals surface area contributed by atoms with Crippen molar-refractivity contribution in [3.8, 4) is 0 Å². The molecule has 0 bridgehead atoms. The minimum Gasteiger partial charge on any atom is -0.273 e. The summed E-state index contributed by atoms with van der Waals surface area (Å²) in [6.45, 7) is 4.84. The number of amides is 1. The molecular weight excluding hydrogens is 140 g/mol. The van der Waals surface area contributed by atoms with Crippen LogP contribution in [0.4, 0.5) is 0 Å². The average molecular weight is 154 g/mol. The van der Waals surface area contributed by atoms with Gasteiger partial charge in [-0.3, -0.25) is 4.79 Å². The van der Waals surface area contributed by atoms with E-state index in [-0.39, 0.29) is 5.91 Å². The van der Waals surface area contributed by atoms with E-state index >= 15 is 0 Å². The second-order valence-corrected chi connectivity index (χ2v) is 2.71. The maximum atomic E-state index is 11.1. The van der Waals surface area contributed by atoms with Crippen molar-refractivity contribution in [2.75, 3.05) is 6.54 Å². The summed E-state index contributed by atoms with van der Waals surface area (Å²) in [5.74, 6) is 0.156. The number of hydrazone groups is 1. The molecule has 0 N–H and O–H groups in total. The van der Waals surface area contributed by atoms with E-state index in [0.717, 1.165) is 25.1 Å². The monoisotopic (exact) mass is 154 g/mol. The van der Waals surface area contributed by atoms with Crippen LogP contribution in [0.2, 0.25) is 0 Å². The van der Waals surface area contributed by atoms with Gasteiger partial charge < -0.3 is 0 Å². The fourth-order valence-electron chi connectivity index (χ4n) is 1.11. The summed E-state index contributed by atoms with van der Waals surface area (Å²) in [6.07, 6.45) is 2.41. The van der Waals surface area contributed by atoms with Gasteiger partial charge in [-0.15, -0.1) is 0 Å². The fourth-order valence-corrected chi connectivity index (χ4v) is 1.11. The quantitative estimate of drug-likeness (QED) is 0.604. The first-order chi connectivity index (χ1) is 5.27. The Balaban J connectivity index is 2.53. The Morgan fingerprint density at radius 2 is 2.27 bits per heavy atom. The third-order valence-electron chi connectivity index (χ3n) is 1.75. The van der Waals surface area contributed by atoms with Gasteiger partial charge in [-0.1, -0.05) is 13.8 Å². The third kappa shape index (κ3) is 1.79. The maximum Gasteiger partial charge on any atom is 0.248 e. The highest BCUT2D eigenvalue weighted by atomic mass is 16.2. The van der Waals surface area contributed by atoms with E-state index in [1.165, 1.54) is 0 Å². The number of rotatable bonds is 3. The van der Waals surface area contributed by atoms with Crippen molar-refractivity contribution in [3.05, 3.63) is 0 Å². The van der Waals surface area contributed by atoms with Crippen LogP contribution < -0.4 is 0 Å². The molecule has 0 saturated heterocycles. The van der Waals surface area contributed by atoms with E-state index < -0.39 is 0 Å². The lowest BCUT2D eigenvalue weighted by Gasteiger charge is -2.08. The first kappa shape index (κ1) is 8.24. The molecule has 0 aromatic rings. The zero-order chi connectivity index (χ0) is 8.27. The van der Waals surface area contributed by atoms with Crippen molar-refractivity contribution in [1.82, 2.24) is 5.01 Å². The van der Waals surface area contributed by atoms with Gasteiger partial charge in [0.05, 0.1) is 6.42 Å². The van der Waals surface area contributed by atoms with E-state index in [1.54, 1.807) is 5.01 Å². The van der Waals surface area contributed by atoms with Crippen LogP contribution in [0.25, 0.3) is 0 Å². The molecule has 1 amide bonds. The summed E-state index contributed by atoms with van der Waals surface area (Å²) in [7, 11) is 0. The Bertz CT molecular complexity index is 187. The van der Waals surface area contributed by atoms with Crippen molar-refractivity contribution in [2.45, 2.75) is 33.1 Å². The van der Waals surface area contributed by atoms with Gasteiger partial charge in [0.2, 0.25) is 5.91 Å². The lowest BCUT2D eigenvalue weighted by Crippen LogP contribution is -2.21. The molecule has 1 aliphatic heterocycles. The zero-order valence-electron chi connectivity index (χ0n) is 7.13. The molecule has 0 fully saturated rings. The van der Waals surface area contributed by atoms with Crippen LogP contribution in [-0.4, -0.2) is 23.2 Å². The molecule has 0 aromatic carbocycles. The highest BCUT2D eigenvalue weighted by Gasteiger charge is 2.20. The normalized spacial score (nSPS) is 17.5. The molecule has 0 unspecified atom stereocenters. The lowest BCUT2D eigenvalue weighted by molar-refractivity contribution is -0.128. The van der Waals surface area contributed by atoms with Gasteiger partial charge in [0.15, 0.2) is 0 Å². The number of carbonyl (C=O) groups is 1. The van der Waals surface area contributed by atoms with Crippen LogP contribution in [0.3, 0.4) is 0 Å². The second-order valence-electron chi connectivity index (χ2n) is 2.71. The number of hydrogen-bond acceptors (Lipinski definition) is 2. The van der Waals surface area contributed by atoms with Gasteiger partial charge in [0.1, 0.15) is 0 Å². The maximum absolute atomic E-state index is 11.1. The van der Waals surface area contributed by atoms with Crippen LogP contribution in [0, 0.1) is 0 Å². The fraction of sp³-hybridized carbons (Fsp3) is 0.750. The summed E-state index contributed by atoms with van der Waals surface area (Å²) in [5.41, 5.74) is 1.02. The molecule has 0 spiro atoms. The molecule has 1 aliphatic rings. The molecular formula is C8H14N2O. The zero-order valence-corrected chi connectivity index (χ0v) is 7.13. The van der Waals surface area contributed by atoms with Crippen molar-refractivity contribution in [3.63, 3.8) is 0 Å². The van der Waals surface area contributed by atoms with Gasteiger partial charge >= 0.3 is 0 Å². The number of carbonyl (C=O) groups excluding carboxylic acids is 1. The van der Waals surface area contributed by atoms with E-state index in [4.69, 9.17) is 0 Å². The van der Waals surface area contributed by atoms with Crippen molar-refractivity contribution in [2.24, 2.45) is 5.10 Å². The molecule has 0 saturated carbocycles. The molecule has 0 aromatic heterocycles. The summed E-state index contributed by atoms with van der Waals surface area (Å²) < 4.78 is 0. The second kappa shape index (κ2) is 3.51. The molecule has 62 valence electrons. The first-order valence-electron chi connectivity index (χ1n) is 4.14. The van der Waals surface area contributed by atoms with Crippen LogP contribution >= 0.6 is 0 Å². The molecule has 0 radical (unpaired) electrons. The predicted molar refractivity (Wildman–Crippen MR) is 44.3 cm³/mol. The summed E-state index contributed by atoms with van der Waals surface area (Å²) >= 11 is 0. The molecule has 3 nitrogen and oxygen atoms in total. The smallest absolute Gasteiger partial charge is 0.248 e. The standard InChI is InChI=1S/C8H14N2O/c1-3-5-10-8(11)6-7(4-2)9-10/h3-6H2,1-2H3. The Labute approximate surface area is 67.1 Å². The van der Waals surface area contributed by atoms with Gasteiger partial charge in [-0.2, -0.15) is 5.10 Å². The van der Waals surface area contributed by atoms with E-state index in [2.05, 4.69) is 5.10 Å². The summed E-state index contributed by atoms with van der Waals surface area (Å²) in [4.78, 5) is 11.1. The number of nitrogens with zero attached hydrogens (tertiary/aromatic N) is 2. The Morgan fingerprint density at radius 3 is 2.73 bits per heavy atom. The van der Waals surface area contributed by atoms with Crippen molar-refractivity contribution >= 4 is 11.6 Å².